The molecule has 7 heteroatoms. The molecule has 1 atom stereocenters. The van der Waals surface area contributed by atoms with Crippen LogP contribution in [0.3, 0.4) is 0 Å². The van der Waals surface area contributed by atoms with Crippen LogP contribution in [0, 0.1) is 0 Å². The molecule has 0 aromatic heterocycles. The first-order chi connectivity index (χ1) is 15.5. The molecule has 1 fully saturated rings. The second kappa shape index (κ2) is 10.8. The minimum absolute atomic E-state index is 0.0596. The van der Waals surface area contributed by atoms with Gasteiger partial charge in [-0.2, -0.15) is 4.31 Å². The van der Waals surface area contributed by atoms with Gasteiger partial charge in [0.05, 0.1) is 4.90 Å². The minimum Gasteiger partial charge on any atom is -0.417 e. The Labute approximate surface area is 201 Å². The van der Waals surface area contributed by atoms with E-state index in [2.05, 4.69) is 63.0 Å². The fraction of sp³-hybridized carbons (Fsp3) is 0.538. The monoisotopic (exact) mass is 488 g/mol. The van der Waals surface area contributed by atoms with E-state index in [-0.39, 0.29) is 11.1 Å². The number of hydrogen-bond donors (Lipinski definition) is 0. The molecule has 0 spiro atoms. The summed E-state index contributed by atoms with van der Waals surface area (Å²) in [6.07, 6.45) is 1.66. The molecule has 0 radical (unpaired) electrons. The molecule has 182 valence electrons. The molecule has 0 amide bonds. The van der Waals surface area contributed by atoms with Gasteiger partial charge in [-0.05, 0) is 48.7 Å². The normalized spacial score (nSPS) is 19.0. The molecule has 33 heavy (non-hydrogen) atoms. The molecule has 1 unspecified atom stereocenters. The van der Waals surface area contributed by atoms with Crippen LogP contribution >= 0.6 is 0 Å². The quantitative estimate of drug-likeness (QED) is 0.352. The SMILES string of the molecule is CC(C)(C)[Si](C)(C)OCCCC1CN(Cc2ccccc2)CCN1S(=O)(=O)c1ccccc1. The zero-order valence-corrected chi connectivity index (χ0v) is 22.6. The Morgan fingerprint density at radius 3 is 2.18 bits per heavy atom. The van der Waals surface area contributed by atoms with Crippen LogP contribution in [-0.2, 0) is 21.0 Å². The van der Waals surface area contributed by atoms with Gasteiger partial charge in [-0.25, -0.2) is 8.42 Å². The summed E-state index contributed by atoms with van der Waals surface area (Å²) in [5.74, 6) is 0. The van der Waals surface area contributed by atoms with Crippen LogP contribution in [0.4, 0.5) is 0 Å². The van der Waals surface area contributed by atoms with Crippen molar-refractivity contribution in [3.05, 3.63) is 66.2 Å². The third-order valence-corrected chi connectivity index (χ3v) is 13.6. The van der Waals surface area contributed by atoms with Crippen molar-refractivity contribution >= 4 is 18.3 Å². The third kappa shape index (κ3) is 6.76. The molecule has 5 nitrogen and oxygen atoms in total. The Kier molecular flexibility index (Phi) is 8.56. The Balaban J connectivity index is 1.71. The summed E-state index contributed by atoms with van der Waals surface area (Å²) in [4.78, 5) is 2.76. The molecule has 0 N–H and O–H groups in total. The first-order valence-electron chi connectivity index (χ1n) is 12.0. The van der Waals surface area contributed by atoms with E-state index in [1.54, 1.807) is 28.6 Å². The van der Waals surface area contributed by atoms with Gasteiger partial charge >= 0.3 is 0 Å². The van der Waals surface area contributed by atoms with Crippen molar-refractivity contribution in [2.75, 3.05) is 26.2 Å². The molecule has 3 rings (SSSR count). The lowest BCUT2D eigenvalue weighted by molar-refractivity contribution is 0.118. The number of sulfonamides is 1. The highest BCUT2D eigenvalue weighted by molar-refractivity contribution is 7.89. The summed E-state index contributed by atoms with van der Waals surface area (Å²) in [5.41, 5.74) is 1.26. The number of benzene rings is 2. The first-order valence-corrected chi connectivity index (χ1v) is 16.3. The molecule has 1 saturated heterocycles. The predicted octanol–water partition coefficient (Wildman–Crippen LogP) is 5.36. The van der Waals surface area contributed by atoms with Crippen molar-refractivity contribution < 1.29 is 12.8 Å². The van der Waals surface area contributed by atoms with E-state index in [1.165, 1.54) is 5.56 Å². The average molecular weight is 489 g/mol. The maximum Gasteiger partial charge on any atom is 0.243 e. The van der Waals surface area contributed by atoms with Crippen molar-refractivity contribution in [2.24, 2.45) is 0 Å². The van der Waals surface area contributed by atoms with Crippen molar-refractivity contribution in [1.82, 2.24) is 9.21 Å². The topological polar surface area (TPSA) is 49.9 Å². The smallest absolute Gasteiger partial charge is 0.243 e. The highest BCUT2D eigenvalue weighted by Gasteiger charge is 2.38. The van der Waals surface area contributed by atoms with Gasteiger partial charge in [0.2, 0.25) is 10.0 Å². The number of nitrogens with zero attached hydrogens (tertiary/aromatic N) is 2. The lowest BCUT2D eigenvalue weighted by Crippen LogP contribution is -2.54. The number of piperazine rings is 1. The zero-order valence-electron chi connectivity index (χ0n) is 20.8. The molecule has 1 heterocycles. The van der Waals surface area contributed by atoms with Gasteiger partial charge in [0.25, 0.3) is 0 Å². The van der Waals surface area contributed by atoms with E-state index >= 15 is 0 Å². The molecule has 1 aliphatic heterocycles. The summed E-state index contributed by atoms with van der Waals surface area (Å²) in [6.45, 7) is 14.8. The average Bonchev–Trinajstić information content (AvgIpc) is 2.77. The molecule has 0 bridgehead atoms. The number of rotatable bonds is 9. The third-order valence-electron chi connectivity index (χ3n) is 7.06. The Hall–Kier alpha value is -1.51. The summed E-state index contributed by atoms with van der Waals surface area (Å²) >= 11 is 0. The molecule has 2 aromatic rings. The Bertz CT molecular complexity index is 976. The maximum absolute atomic E-state index is 13.5. The highest BCUT2D eigenvalue weighted by atomic mass is 32.2. The summed E-state index contributed by atoms with van der Waals surface area (Å²) < 4.78 is 35.0. The van der Waals surface area contributed by atoms with Crippen molar-refractivity contribution in [2.45, 2.75) is 69.2 Å². The van der Waals surface area contributed by atoms with Crippen LogP contribution in [0.1, 0.15) is 39.2 Å². The predicted molar refractivity (Wildman–Crippen MR) is 138 cm³/mol. The van der Waals surface area contributed by atoms with E-state index in [0.717, 1.165) is 32.5 Å². The summed E-state index contributed by atoms with van der Waals surface area (Å²) in [5, 5.41) is 0.174. The lowest BCUT2D eigenvalue weighted by atomic mass is 10.1. The van der Waals surface area contributed by atoms with Gasteiger partial charge in [0.1, 0.15) is 0 Å². The van der Waals surface area contributed by atoms with Crippen molar-refractivity contribution in [3.8, 4) is 0 Å². The molecular weight excluding hydrogens is 448 g/mol. The van der Waals surface area contributed by atoms with Crippen LogP contribution in [-0.4, -0.2) is 58.2 Å². The van der Waals surface area contributed by atoms with E-state index in [1.807, 2.05) is 12.1 Å². The van der Waals surface area contributed by atoms with E-state index < -0.39 is 18.3 Å². The van der Waals surface area contributed by atoms with Crippen LogP contribution in [0.2, 0.25) is 18.1 Å². The van der Waals surface area contributed by atoms with Gasteiger partial charge in [-0.3, -0.25) is 4.90 Å². The highest BCUT2D eigenvalue weighted by Crippen LogP contribution is 2.36. The van der Waals surface area contributed by atoms with E-state index in [0.29, 0.717) is 18.0 Å². The number of hydrogen-bond acceptors (Lipinski definition) is 4. The second-order valence-electron chi connectivity index (χ2n) is 10.6. The molecule has 2 aromatic carbocycles. The van der Waals surface area contributed by atoms with Crippen LogP contribution < -0.4 is 0 Å². The van der Waals surface area contributed by atoms with Crippen LogP contribution in [0.15, 0.2) is 65.6 Å². The van der Waals surface area contributed by atoms with Gasteiger partial charge in [-0.15, -0.1) is 0 Å². The minimum atomic E-state index is -3.52. The van der Waals surface area contributed by atoms with E-state index in [9.17, 15) is 8.42 Å². The van der Waals surface area contributed by atoms with Crippen molar-refractivity contribution in [1.29, 1.82) is 0 Å². The molecule has 0 aliphatic carbocycles. The Morgan fingerprint density at radius 2 is 1.58 bits per heavy atom. The van der Waals surface area contributed by atoms with Gasteiger partial charge in [0.15, 0.2) is 8.32 Å². The first kappa shape index (κ1) is 26.1. The second-order valence-corrected chi connectivity index (χ2v) is 17.3. The van der Waals surface area contributed by atoms with Crippen LogP contribution in [0.25, 0.3) is 0 Å². The maximum atomic E-state index is 13.5. The molecule has 0 saturated carbocycles. The van der Waals surface area contributed by atoms with E-state index in [4.69, 9.17) is 4.43 Å². The van der Waals surface area contributed by atoms with Gasteiger partial charge < -0.3 is 4.43 Å². The lowest BCUT2D eigenvalue weighted by Gasteiger charge is -2.41. The van der Waals surface area contributed by atoms with Gasteiger partial charge in [-0.1, -0.05) is 69.3 Å². The summed E-state index contributed by atoms with van der Waals surface area (Å²) in [7, 11) is -5.33. The zero-order chi connectivity index (χ0) is 24.1. The molecular formula is C26H40N2O3SSi. The Morgan fingerprint density at radius 1 is 0.970 bits per heavy atom. The van der Waals surface area contributed by atoms with Crippen LogP contribution in [0.5, 0.6) is 0 Å². The van der Waals surface area contributed by atoms with Gasteiger partial charge in [0, 0.05) is 38.8 Å². The van der Waals surface area contributed by atoms with Crippen molar-refractivity contribution in [3.63, 3.8) is 0 Å². The standard InChI is InChI=1S/C26H40N2O3SSi/c1-26(2,3)33(4,5)31-20-12-15-24-22-27(21-23-13-8-6-9-14-23)18-19-28(24)32(29,30)25-16-10-7-11-17-25/h6-11,13-14,16-17,24H,12,15,18-22H2,1-5H3. The largest absolute Gasteiger partial charge is 0.417 e. The summed E-state index contributed by atoms with van der Waals surface area (Å²) in [6, 6.07) is 19.2. The fourth-order valence-corrected chi connectivity index (χ4v) is 6.78. The molecule has 1 aliphatic rings. The fourth-order valence-electron chi connectivity index (χ4n) is 4.03.